The first-order valence-electron chi connectivity index (χ1n) is 5.99. The first-order chi connectivity index (χ1) is 9.47. The van der Waals surface area contributed by atoms with E-state index in [1.807, 2.05) is 6.92 Å². The number of halogens is 2. The Hall–Kier alpha value is -2.43. The van der Waals surface area contributed by atoms with Crippen LogP contribution in [0.1, 0.15) is 21.5 Å². The summed E-state index contributed by atoms with van der Waals surface area (Å²) in [7, 11) is 0. The minimum absolute atomic E-state index is 0.193. The Morgan fingerprint density at radius 1 is 1.15 bits per heavy atom. The van der Waals surface area contributed by atoms with Gasteiger partial charge in [-0.2, -0.15) is 0 Å². The van der Waals surface area contributed by atoms with Crippen molar-refractivity contribution in [2.75, 3.05) is 5.32 Å². The van der Waals surface area contributed by atoms with Gasteiger partial charge in [0.2, 0.25) is 0 Å². The van der Waals surface area contributed by atoms with Crippen molar-refractivity contribution < 1.29 is 18.7 Å². The Morgan fingerprint density at radius 2 is 1.85 bits per heavy atom. The van der Waals surface area contributed by atoms with Crippen molar-refractivity contribution in [1.82, 2.24) is 0 Å². The first kappa shape index (κ1) is 14.0. The third-order valence-corrected chi connectivity index (χ3v) is 2.88. The summed E-state index contributed by atoms with van der Waals surface area (Å²) in [4.78, 5) is 10.8. The molecule has 0 saturated carbocycles. The van der Waals surface area contributed by atoms with Gasteiger partial charge in [-0.15, -0.1) is 0 Å². The molecule has 0 aliphatic rings. The third-order valence-electron chi connectivity index (χ3n) is 2.88. The normalized spacial score (nSPS) is 10.3. The molecule has 0 heterocycles. The molecule has 0 aliphatic carbocycles. The number of benzene rings is 2. The van der Waals surface area contributed by atoms with Crippen LogP contribution in [0.25, 0.3) is 0 Å². The zero-order valence-electron chi connectivity index (χ0n) is 10.8. The number of aryl methyl sites for hydroxylation is 1. The van der Waals surface area contributed by atoms with Crippen molar-refractivity contribution in [3.63, 3.8) is 0 Å². The van der Waals surface area contributed by atoms with E-state index in [4.69, 9.17) is 5.11 Å². The lowest BCUT2D eigenvalue weighted by Gasteiger charge is -2.09. The van der Waals surface area contributed by atoms with Crippen LogP contribution in [-0.4, -0.2) is 11.1 Å². The van der Waals surface area contributed by atoms with Gasteiger partial charge in [-0.25, -0.2) is 13.6 Å². The second kappa shape index (κ2) is 5.69. The van der Waals surface area contributed by atoms with Crippen LogP contribution in [-0.2, 0) is 6.54 Å². The van der Waals surface area contributed by atoms with Gasteiger partial charge >= 0.3 is 5.97 Å². The van der Waals surface area contributed by atoms with Crippen LogP contribution < -0.4 is 5.32 Å². The summed E-state index contributed by atoms with van der Waals surface area (Å²) in [5, 5.41) is 11.7. The number of aromatic carboxylic acids is 1. The number of hydrogen-bond acceptors (Lipinski definition) is 2. The maximum atomic E-state index is 13.5. The van der Waals surface area contributed by atoms with Crippen LogP contribution in [0.5, 0.6) is 0 Å². The molecular weight excluding hydrogens is 264 g/mol. The zero-order chi connectivity index (χ0) is 14.7. The fraction of sp³-hybridized carbons (Fsp3) is 0.133. The van der Waals surface area contributed by atoms with Crippen LogP contribution in [0.15, 0.2) is 36.4 Å². The molecule has 0 amide bonds. The maximum Gasteiger partial charge on any atom is 0.338 e. The van der Waals surface area contributed by atoms with Crippen molar-refractivity contribution in [3.8, 4) is 0 Å². The van der Waals surface area contributed by atoms with Crippen LogP contribution in [0.4, 0.5) is 14.5 Å². The van der Waals surface area contributed by atoms with Crippen LogP contribution in [0.3, 0.4) is 0 Å². The smallest absolute Gasteiger partial charge is 0.338 e. The monoisotopic (exact) mass is 277 g/mol. The molecule has 2 rings (SSSR count). The van der Waals surface area contributed by atoms with Crippen molar-refractivity contribution in [3.05, 3.63) is 64.7 Å². The van der Waals surface area contributed by atoms with E-state index in [9.17, 15) is 13.6 Å². The molecule has 5 heteroatoms. The minimum Gasteiger partial charge on any atom is -0.478 e. The molecule has 0 fully saturated rings. The van der Waals surface area contributed by atoms with Crippen molar-refractivity contribution >= 4 is 11.7 Å². The molecule has 20 heavy (non-hydrogen) atoms. The lowest BCUT2D eigenvalue weighted by molar-refractivity contribution is 0.0692. The molecule has 0 radical (unpaired) electrons. The molecule has 2 aromatic rings. The maximum absolute atomic E-state index is 13.5. The quantitative estimate of drug-likeness (QED) is 0.898. The summed E-state index contributed by atoms with van der Waals surface area (Å²) in [6.07, 6.45) is 0. The van der Waals surface area contributed by atoms with Crippen LogP contribution >= 0.6 is 0 Å². The Bertz CT molecular complexity index is 656. The van der Waals surface area contributed by atoms with Crippen molar-refractivity contribution in [2.45, 2.75) is 13.5 Å². The molecule has 0 unspecified atom stereocenters. The Morgan fingerprint density at radius 3 is 2.55 bits per heavy atom. The number of anilines is 1. The van der Waals surface area contributed by atoms with Gasteiger partial charge in [0, 0.05) is 17.8 Å². The molecule has 0 bridgehead atoms. The van der Waals surface area contributed by atoms with E-state index >= 15 is 0 Å². The van der Waals surface area contributed by atoms with Gasteiger partial charge in [0.05, 0.1) is 5.56 Å². The van der Waals surface area contributed by atoms with E-state index in [-0.39, 0.29) is 12.4 Å². The third kappa shape index (κ3) is 3.12. The highest BCUT2D eigenvalue weighted by Gasteiger charge is 2.11. The van der Waals surface area contributed by atoms with Gasteiger partial charge in [-0.3, -0.25) is 0 Å². The summed E-state index contributed by atoms with van der Waals surface area (Å²) in [6.45, 7) is 2.04. The summed E-state index contributed by atoms with van der Waals surface area (Å²) in [5.41, 5.74) is 1.39. The lowest BCUT2D eigenvalue weighted by Crippen LogP contribution is -2.05. The number of carbonyl (C=O) groups is 1. The Balaban J connectivity index is 2.17. The molecule has 0 spiro atoms. The molecule has 0 saturated heterocycles. The average molecular weight is 277 g/mol. The van der Waals surface area contributed by atoms with Gasteiger partial charge < -0.3 is 10.4 Å². The topological polar surface area (TPSA) is 49.3 Å². The number of nitrogens with one attached hydrogen (secondary N) is 1. The summed E-state index contributed by atoms with van der Waals surface area (Å²) in [5.74, 6) is -2.48. The van der Waals surface area contributed by atoms with Gasteiger partial charge in [0.25, 0.3) is 0 Å². The Labute approximate surface area is 114 Å². The molecule has 104 valence electrons. The average Bonchev–Trinajstić information content (AvgIpc) is 2.41. The molecule has 0 aromatic heterocycles. The lowest BCUT2D eigenvalue weighted by atomic mass is 10.1. The standard InChI is InChI=1S/C15H13F2NO2/c1-9-2-4-13(16)10(6-9)8-18-11-3-5-14(17)12(7-11)15(19)20/h2-7,18H,8H2,1H3,(H,19,20). The highest BCUT2D eigenvalue weighted by Crippen LogP contribution is 2.17. The number of rotatable bonds is 4. The van der Waals surface area contributed by atoms with E-state index in [1.165, 1.54) is 18.2 Å². The van der Waals surface area contributed by atoms with Crippen LogP contribution in [0, 0.1) is 18.6 Å². The Kier molecular flexibility index (Phi) is 3.98. The van der Waals surface area contributed by atoms with E-state index in [0.717, 1.165) is 11.6 Å². The van der Waals surface area contributed by atoms with Gasteiger partial charge in [0.15, 0.2) is 0 Å². The highest BCUT2D eigenvalue weighted by molar-refractivity contribution is 5.89. The molecule has 2 N–H and O–H groups in total. The molecular formula is C15H13F2NO2. The summed E-state index contributed by atoms with van der Waals surface area (Å²) >= 11 is 0. The largest absolute Gasteiger partial charge is 0.478 e. The van der Waals surface area contributed by atoms with Gasteiger partial charge in [-0.1, -0.05) is 17.7 Å². The molecule has 2 aromatic carbocycles. The SMILES string of the molecule is Cc1ccc(F)c(CNc2ccc(F)c(C(=O)O)c2)c1. The van der Waals surface area contributed by atoms with Crippen molar-refractivity contribution in [1.29, 1.82) is 0 Å². The van der Waals surface area contributed by atoms with E-state index in [0.29, 0.717) is 11.3 Å². The fourth-order valence-corrected chi connectivity index (χ4v) is 1.84. The van der Waals surface area contributed by atoms with E-state index < -0.39 is 17.3 Å². The molecule has 3 nitrogen and oxygen atoms in total. The van der Waals surface area contributed by atoms with E-state index in [1.54, 1.807) is 12.1 Å². The number of hydrogen-bond donors (Lipinski definition) is 2. The predicted molar refractivity (Wildman–Crippen MR) is 71.8 cm³/mol. The summed E-state index contributed by atoms with van der Waals surface area (Å²) < 4.78 is 26.8. The number of carboxylic acids is 1. The minimum atomic E-state index is -1.34. The highest BCUT2D eigenvalue weighted by atomic mass is 19.1. The van der Waals surface area contributed by atoms with Crippen molar-refractivity contribution in [2.24, 2.45) is 0 Å². The number of carboxylic acid groups (broad SMARTS) is 1. The second-order valence-electron chi connectivity index (χ2n) is 4.45. The summed E-state index contributed by atoms with van der Waals surface area (Å²) in [6, 6.07) is 8.40. The van der Waals surface area contributed by atoms with Gasteiger partial charge in [0.1, 0.15) is 11.6 Å². The van der Waals surface area contributed by atoms with E-state index in [2.05, 4.69) is 5.32 Å². The zero-order valence-corrected chi connectivity index (χ0v) is 10.8. The van der Waals surface area contributed by atoms with Gasteiger partial charge in [-0.05, 0) is 31.2 Å². The molecule has 0 atom stereocenters. The predicted octanol–water partition coefficient (Wildman–Crippen LogP) is 3.58. The molecule has 0 aliphatic heterocycles. The van der Waals surface area contributed by atoms with Crippen LogP contribution in [0.2, 0.25) is 0 Å². The second-order valence-corrected chi connectivity index (χ2v) is 4.45. The fourth-order valence-electron chi connectivity index (χ4n) is 1.84. The first-order valence-corrected chi connectivity index (χ1v) is 5.99.